The number of hydrogen-bond acceptors (Lipinski definition) is 3. The number of carbonyl (C=O) groups excluding carboxylic acids is 1. The lowest BCUT2D eigenvalue weighted by Gasteiger charge is -2.13. The highest BCUT2D eigenvalue weighted by atomic mass is 19.4. The average molecular weight is 324 g/mol. The molecule has 0 unspecified atom stereocenters. The fourth-order valence-corrected chi connectivity index (χ4v) is 2.14. The van der Waals surface area contributed by atoms with Crippen molar-refractivity contribution in [2.45, 2.75) is 13.1 Å². The second kappa shape index (κ2) is 6.73. The molecule has 2 aromatic carbocycles. The summed E-state index contributed by atoms with van der Waals surface area (Å²) >= 11 is 0. The molecule has 0 aliphatic rings. The Labute approximate surface area is 131 Å². The van der Waals surface area contributed by atoms with Crippen LogP contribution in [0.2, 0.25) is 0 Å². The van der Waals surface area contributed by atoms with Gasteiger partial charge in [0.25, 0.3) is 0 Å². The van der Waals surface area contributed by atoms with Gasteiger partial charge in [0.15, 0.2) is 0 Å². The number of methoxy groups -OCH3 is 1. The van der Waals surface area contributed by atoms with Crippen molar-refractivity contribution in [1.82, 2.24) is 0 Å². The van der Waals surface area contributed by atoms with Crippen LogP contribution in [0.4, 0.5) is 13.2 Å². The van der Waals surface area contributed by atoms with Crippen molar-refractivity contribution in [3.05, 3.63) is 53.6 Å². The summed E-state index contributed by atoms with van der Waals surface area (Å²) in [6, 6.07) is 9.36. The molecule has 0 saturated carbocycles. The molecule has 0 fully saturated rings. The van der Waals surface area contributed by atoms with Crippen LogP contribution in [0.25, 0.3) is 11.1 Å². The second-order valence-corrected chi connectivity index (χ2v) is 4.71. The number of esters is 1. The van der Waals surface area contributed by atoms with Crippen LogP contribution in [0.3, 0.4) is 0 Å². The monoisotopic (exact) mass is 324 g/mol. The Morgan fingerprint density at radius 3 is 2.48 bits per heavy atom. The van der Waals surface area contributed by atoms with E-state index in [0.29, 0.717) is 16.9 Å². The van der Waals surface area contributed by atoms with Gasteiger partial charge in [-0.2, -0.15) is 13.2 Å². The normalized spacial score (nSPS) is 11.2. The maximum atomic E-state index is 12.9. The smallest absolute Gasteiger partial charge is 0.416 e. The molecule has 0 heterocycles. The second-order valence-electron chi connectivity index (χ2n) is 4.71. The van der Waals surface area contributed by atoms with Gasteiger partial charge in [0.1, 0.15) is 5.75 Å². The van der Waals surface area contributed by atoms with Gasteiger partial charge >= 0.3 is 12.1 Å². The zero-order valence-electron chi connectivity index (χ0n) is 12.6. The quantitative estimate of drug-likeness (QED) is 0.774. The zero-order valence-corrected chi connectivity index (χ0v) is 12.6. The summed E-state index contributed by atoms with van der Waals surface area (Å²) in [6.45, 7) is 1.89. The molecule has 23 heavy (non-hydrogen) atoms. The molecule has 0 aliphatic carbocycles. The molecule has 2 rings (SSSR count). The molecule has 2 aromatic rings. The highest BCUT2D eigenvalue weighted by Crippen LogP contribution is 2.35. The molecular weight excluding hydrogens is 309 g/mol. The van der Waals surface area contributed by atoms with Gasteiger partial charge in [-0.05, 0) is 42.8 Å². The highest BCUT2D eigenvalue weighted by Gasteiger charge is 2.30. The fraction of sp³-hybridized carbons (Fsp3) is 0.235. The van der Waals surface area contributed by atoms with Crippen LogP contribution < -0.4 is 4.74 Å². The van der Waals surface area contributed by atoms with Crippen LogP contribution in [0, 0.1) is 0 Å². The largest absolute Gasteiger partial charge is 0.496 e. The maximum absolute atomic E-state index is 12.9. The Bertz CT molecular complexity index is 708. The van der Waals surface area contributed by atoms with Gasteiger partial charge < -0.3 is 9.47 Å². The first-order valence-corrected chi connectivity index (χ1v) is 6.89. The molecule has 0 atom stereocenters. The Balaban J connectivity index is 2.53. The van der Waals surface area contributed by atoms with E-state index in [1.165, 1.54) is 37.4 Å². The maximum Gasteiger partial charge on any atom is 0.416 e. The summed E-state index contributed by atoms with van der Waals surface area (Å²) in [6.07, 6.45) is -4.44. The third kappa shape index (κ3) is 3.83. The molecule has 0 radical (unpaired) electrons. The molecule has 6 heteroatoms. The van der Waals surface area contributed by atoms with Gasteiger partial charge in [0.05, 0.1) is 24.8 Å². The molecule has 0 bridgehead atoms. The van der Waals surface area contributed by atoms with Gasteiger partial charge in [0, 0.05) is 5.56 Å². The van der Waals surface area contributed by atoms with Gasteiger partial charge in [-0.1, -0.05) is 12.1 Å². The first-order valence-electron chi connectivity index (χ1n) is 6.89. The topological polar surface area (TPSA) is 35.5 Å². The van der Waals surface area contributed by atoms with Crippen LogP contribution in [0.5, 0.6) is 5.75 Å². The van der Waals surface area contributed by atoms with Gasteiger partial charge in [-0.15, -0.1) is 0 Å². The minimum absolute atomic E-state index is 0.212. The number of benzene rings is 2. The van der Waals surface area contributed by atoms with Gasteiger partial charge in [-0.3, -0.25) is 0 Å². The first-order chi connectivity index (χ1) is 10.9. The Morgan fingerprint density at radius 1 is 1.13 bits per heavy atom. The molecule has 3 nitrogen and oxygen atoms in total. The predicted molar refractivity (Wildman–Crippen MR) is 79.4 cm³/mol. The van der Waals surface area contributed by atoms with Crippen LogP contribution in [0.15, 0.2) is 42.5 Å². The number of halogens is 3. The van der Waals surface area contributed by atoms with Crippen molar-refractivity contribution in [2.75, 3.05) is 13.7 Å². The molecular formula is C17H15F3O3. The molecule has 0 amide bonds. The van der Waals surface area contributed by atoms with Crippen molar-refractivity contribution >= 4 is 5.97 Å². The van der Waals surface area contributed by atoms with E-state index in [2.05, 4.69) is 0 Å². The van der Waals surface area contributed by atoms with E-state index in [0.717, 1.165) is 12.1 Å². The van der Waals surface area contributed by atoms with Crippen LogP contribution in [-0.2, 0) is 10.9 Å². The minimum Gasteiger partial charge on any atom is -0.496 e. The van der Waals surface area contributed by atoms with Crippen molar-refractivity contribution in [1.29, 1.82) is 0 Å². The van der Waals surface area contributed by atoms with Crippen molar-refractivity contribution in [2.24, 2.45) is 0 Å². The van der Waals surface area contributed by atoms with Gasteiger partial charge in [0.2, 0.25) is 0 Å². The lowest BCUT2D eigenvalue weighted by Crippen LogP contribution is -2.06. The highest BCUT2D eigenvalue weighted by molar-refractivity contribution is 5.92. The average Bonchev–Trinajstić information content (AvgIpc) is 2.54. The summed E-state index contributed by atoms with van der Waals surface area (Å²) in [5.41, 5.74) is 0.186. The van der Waals surface area contributed by atoms with E-state index in [1.54, 1.807) is 6.92 Å². The van der Waals surface area contributed by atoms with E-state index in [-0.39, 0.29) is 12.2 Å². The lowest BCUT2D eigenvalue weighted by molar-refractivity contribution is -0.137. The zero-order chi connectivity index (χ0) is 17.0. The van der Waals surface area contributed by atoms with E-state index in [1.807, 2.05) is 0 Å². The summed E-state index contributed by atoms with van der Waals surface area (Å²) < 4.78 is 48.7. The van der Waals surface area contributed by atoms with Crippen LogP contribution >= 0.6 is 0 Å². The third-order valence-corrected chi connectivity index (χ3v) is 3.21. The van der Waals surface area contributed by atoms with Crippen molar-refractivity contribution in [3.8, 4) is 16.9 Å². The molecule has 0 aromatic heterocycles. The molecule has 122 valence electrons. The van der Waals surface area contributed by atoms with Crippen molar-refractivity contribution < 1.29 is 27.4 Å². The summed E-state index contributed by atoms with van der Waals surface area (Å²) in [5.74, 6) is -0.166. The number of hydrogen-bond donors (Lipinski definition) is 0. The van der Waals surface area contributed by atoms with E-state index >= 15 is 0 Å². The van der Waals surface area contributed by atoms with Crippen LogP contribution in [-0.4, -0.2) is 19.7 Å². The standard InChI is InChI=1S/C17H15F3O3/c1-3-23-16(21)12-7-8-15(22-2)14(10-12)11-5-4-6-13(9-11)17(18,19)20/h4-10H,3H2,1-2H3. The van der Waals surface area contributed by atoms with Crippen LogP contribution in [0.1, 0.15) is 22.8 Å². The Hall–Kier alpha value is -2.50. The third-order valence-electron chi connectivity index (χ3n) is 3.21. The van der Waals surface area contributed by atoms with E-state index in [4.69, 9.17) is 9.47 Å². The van der Waals surface area contributed by atoms with E-state index in [9.17, 15) is 18.0 Å². The van der Waals surface area contributed by atoms with Crippen molar-refractivity contribution in [3.63, 3.8) is 0 Å². The van der Waals surface area contributed by atoms with E-state index < -0.39 is 17.7 Å². The number of carbonyl (C=O) groups is 1. The lowest BCUT2D eigenvalue weighted by atomic mass is 9.99. The summed E-state index contributed by atoms with van der Waals surface area (Å²) in [4.78, 5) is 11.8. The molecule has 0 N–H and O–H groups in total. The SMILES string of the molecule is CCOC(=O)c1ccc(OC)c(-c2cccc(C(F)(F)F)c2)c1. The first kappa shape index (κ1) is 16.9. The fourth-order valence-electron chi connectivity index (χ4n) is 2.14. The Morgan fingerprint density at radius 2 is 1.87 bits per heavy atom. The summed E-state index contributed by atoms with van der Waals surface area (Å²) in [7, 11) is 1.41. The minimum atomic E-state index is -4.44. The number of alkyl halides is 3. The summed E-state index contributed by atoms with van der Waals surface area (Å²) in [5, 5.41) is 0. The molecule has 0 spiro atoms. The number of ether oxygens (including phenoxy) is 2. The predicted octanol–water partition coefficient (Wildman–Crippen LogP) is 4.56. The Kier molecular flexibility index (Phi) is 4.93. The number of rotatable bonds is 4. The molecule has 0 saturated heterocycles. The van der Waals surface area contributed by atoms with Gasteiger partial charge in [-0.25, -0.2) is 4.79 Å². The molecule has 0 aliphatic heterocycles.